The zero-order chi connectivity index (χ0) is 11.1. The van der Waals surface area contributed by atoms with E-state index >= 15 is 0 Å². The summed E-state index contributed by atoms with van der Waals surface area (Å²) in [5.41, 5.74) is 0.818. The molecule has 1 heterocycles. The van der Waals surface area contributed by atoms with E-state index < -0.39 is 0 Å². The SMILES string of the molecule is CCOc1cncc(CC(Cl)COC)n1. The lowest BCUT2D eigenvalue weighted by molar-refractivity contribution is 0.197. The predicted molar refractivity (Wildman–Crippen MR) is 58.4 cm³/mol. The van der Waals surface area contributed by atoms with Gasteiger partial charge in [-0.15, -0.1) is 11.6 Å². The molecule has 1 aromatic heterocycles. The third kappa shape index (κ3) is 4.44. The minimum Gasteiger partial charge on any atom is -0.477 e. The van der Waals surface area contributed by atoms with E-state index in [1.54, 1.807) is 19.5 Å². The molecule has 0 spiro atoms. The first-order valence-electron chi connectivity index (χ1n) is 4.83. The fraction of sp³-hybridized carbons (Fsp3) is 0.600. The van der Waals surface area contributed by atoms with Crippen LogP contribution in [0.25, 0.3) is 0 Å². The van der Waals surface area contributed by atoms with Crippen LogP contribution >= 0.6 is 11.6 Å². The van der Waals surface area contributed by atoms with Crippen molar-refractivity contribution in [2.24, 2.45) is 0 Å². The molecule has 0 bridgehead atoms. The van der Waals surface area contributed by atoms with E-state index in [1.165, 1.54) is 0 Å². The van der Waals surface area contributed by atoms with Crippen LogP contribution in [0.4, 0.5) is 0 Å². The smallest absolute Gasteiger partial charge is 0.232 e. The van der Waals surface area contributed by atoms with Crippen molar-refractivity contribution in [1.29, 1.82) is 0 Å². The van der Waals surface area contributed by atoms with Gasteiger partial charge in [0.15, 0.2) is 0 Å². The molecule has 0 aliphatic carbocycles. The Morgan fingerprint density at radius 2 is 2.27 bits per heavy atom. The van der Waals surface area contributed by atoms with Crippen LogP contribution in [0.5, 0.6) is 5.88 Å². The highest BCUT2D eigenvalue weighted by Gasteiger charge is 2.07. The molecule has 0 aromatic carbocycles. The molecule has 0 amide bonds. The second kappa shape index (κ2) is 6.58. The normalized spacial score (nSPS) is 12.5. The molecule has 0 fully saturated rings. The average Bonchev–Trinajstić information content (AvgIpc) is 2.19. The van der Waals surface area contributed by atoms with Gasteiger partial charge in [0.05, 0.1) is 30.5 Å². The molecule has 15 heavy (non-hydrogen) atoms. The second-order valence-electron chi connectivity index (χ2n) is 3.04. The van der Waals surface area contributed by atoms with Crippen molar-refractivity contribution in [1.82, 2.24) is 9.97 Å². The Morgan fingerprint density at radius 3 is 2.93 bits per heavy atom. The van der Waals surface area contributed by atoms with E-state index in [0.29, 0.717) is 25.5 Å². The third-order valence-corrected chi connectivity index (χ3v) is 2.01. The van der Waals surface area contributed by atoms with Crippen molar-refractivity contribution in [3.8, 4) is 5.88 Å². The van der Waals surface area contributed by atoms with Gasteiger partial charge in [0.25, 0.3) is 0 Å². The number of hydrogen-bond donors (Lipinski definition) is 0. The topological polar surface area (TPSA) is 44.2 Å². The molecule has 0 saturated carbocycles. The molecule has 0 N–H and O–H groups in total. The average molecular weight is 231 g/mol. The Labute approximate surface area is 94.6 Å². The maximum Gasteiger partial charge on any atom is 0.232 e. The van der Waals surface area contributed by atoms with Crippen molar-refractivity contribution in [2.45, 2.75) is 18.7 Å². The van der Waals surface area contributed by atoms with Crippen LogP contribution in [-0.2, 0) is 11.2 Å². The summed E-state index contributed by atoms with van der Waals surface area (Å²) in [5.74, 6) is 0.538. The lowest BCUT2D eigenvalue weighted by atomic mass is 10.2. The van der Waals surface area contributed by atoms with E-state index in [4.69, 9.17) is 21.1 Å². The van der Waals surface area contributed by atoms with Gasteiger partial charge < -0.3 is 9.47 Å². The van der Waals surface area contributed by atoms with Gasteiger partial charge in [0.1, 0.15) is 0 Å². The number of aromatic nitrogens is 2. The highest BCUT2D eigenvalue weighted by molar-refractivity contribution is 6.20. The summed E-state index contributed by atoms with van der Waals surface area (Å²) < 4.78 is 10.2. The highest BCUT2D eigenvalue weighted by atomic mass is 35.5. The third-order valence-electron chi connectivity index (χ3n) is 1.73. The molecule has 0 saturated heterocycles. The van der Waals surface area contributed by atoms with E-state index in [2.05, 4.69) is 9.97 Å². The molecule has 1 rings (SSSR count). The van der Waals surface area contributed by atoms with Gasteiger partial charge in [-0.05, 0) is 6.92 Å². The number of alkyl halides is 1. The summed E-state index contributed by atoms with van der Waals surface area (Å²) in [6, 6.07) is 0. The molecule has 0 aliphatic rings. The molecule has 1 aromatic rings. The van der Waals surface area contributed by atoms with Crippen LogP contribution in [-0.4, -0.2) is 35.7 Å². The maximum atomic E-state index is 6.01. The van der Waals surface area contributed by atoms with Crippen LogP contribution in [0.1, 0.15) is 12.6 Å². The molecular formula is C10H15ClN2O2. The van der Waals surface area contributed by atoms with Crippen LogP contribution < -0.4 is 4.74 Å². The van der Waals surface area contributed by atoms with E-state index in [0.717, 1.165) is 5.69 Å². The zero-order valence-corrected chi connectivity index (χ0v) is 9.70. The van der Waals surface area contributed by atoms with Gasteiger partial charge in [-0.3, -0.25) is 4.98 Å². The van der Waals surface area contributed by atoms with Crippen LogP contribution in [0.2, 0.25) is 0 Å². The minimum absolute atomic E-state index is 0.0822. The first-order chi connectivity index (χ1) is 7.26. The zero-order valence-electron chi connectivity index (χ0n) is 8.94. The van der Waals surface area contributed by atoms with E-state index in [9.17, 15) is 0 Å². The molecule has 1 atom stereocenters. The number of nitrogens with zero attached hydrogens (tertiary/aromatic N) is 2. The first kappa shape index (κ1) is 12.2. The number of hydrogen-bond acceptors (Lipinski definition) is 4. The highest BCUT2D eigenvalue weighted by Crippen LogP contribution is 2.09. The first-order valence-corrected chi connectivity index (χ1v) is 5.26. The molecule has 1 unspecified atom stereocenters. The van der Waals surface area contributed by atoms with Crippen LogP contribution in [0.15, 0.2) is 12.4 Å². The number of ether oxygens (including phenoxy) is 2. The molecule has 5 heteroatoms. The van der Waals surface area contributed by atoms with Gasteiger partial charge in [-0.2, -0.15) is 0 Å². The molecule has 0 aliphatic heterocycles. The van der Waals surface area contributed by atoms with E-state index in [-0.39, 0.29) is 5.38 Å². The van der Waals surface area contributed by atoms with Crippen molar-refractivity contribution >= 4 is 11.6 Å². The largest absolute Gasteiger partial charge is 0.477 e. The summed E-state index contributed by atoms with van der Waals surface area (Å²) in [6.07, 6.45) is 3.91. The summed E-state index contributed by atoms with van der Waals surface area (Å²) in [5, 5.41) is -0.0822. The quantitative estimate of drug-likeness (QED) is 0.698. The fourth-order valence-corrected chi connectivity index (χ4v) is 1.45. The van der Waals surface area contributed by atoms with Crippen LogP contribution in [0, 0.1) is 0 Å². The molecule has 4 nitrogen and oxygen atoms in total. The Hall–Kier alpha value is -0.870. The maximum absolute atomic E-state index is 6.01. The number of methoxy groups -OCH3 is 1. The number of rotatable bonds is 6. The number of halogens is 1. The molecule has 0 radical (unpaired) electrons. The summed E-state index contributed by atoms with van der Waals surface area (Å²) in [4.78, 5) is 8.29. The lowest BCUT2D eigenvalue weighted by Gasteiger charge is -2.08. The molecular weight excluding hydrogens is 216 g/mol. The van der Waals surface area contributed by atoms with Crippen molar-refractivity contribution in [2.75, 3.05) is 20.3 Å². The Kier molecular flexibility index (Phi) is 5.36. The molecule has 84 valence electrons. The standard InChI is InChI=1S/C10H15ClN2O2/c1-3-15-10-6-12-5-9(13-10)4-8(11)7-14-2/h5-6,8H,3-4,7H2,1-2H3. The van der Waals surface area contributed by atoms with Gasteiger partial charge in [-0.25, -0.2) is 4.98 Å². The minimum atomic E-state index is -0.0822. The van der Waals surface area contributed by atoms with Crippen molar-refractivity contribution < 1.29 is 9.47 Å². The summed E-state index contributed by atoms with van der Waals surface area (Å²) >= 11 is 6.01. The van der Waals surface area contributed by atoms with Gasteiger partial charge >= 0.3 is 0 Å². The van der Waals surface area contributed by atoms with E-state index in [1.807, 2.05) is 6.92 Å². The lowest BCUT2D eigenvalue weighted by Crippen LogP contribution is -2.12. The van der Waals surface area contributed by atoms with Crippen molar-refractivity contribution in [3.63, 3.8) is 0 Å². The Balaban J connectivity index is 2.56. The van der Waals surface area contributed by atoms with Crippen molar-refractivity contribution in [3.05, 3.63) is 18.1 Å². The van der Waals surface area contributed by atoms with Crippen LogP contribution in [0.3, 0.4) is 0 Å². The summed E-state index contributed by atoms with van der Waals surface area (Å²) in [6.45, 7) is 2.99. The van der Waals surface area contributed by atoms with Gasteiger partial charge in [-0.1, -0.05) is 0 Å². The van der Waals surface area contributed by atoms with Gasteiger partial charge in [0.2, 0.25) is 5.88 Å². The Bertz CT molecular complexity index is 297. The second-order valence-corrected chi connectivity index (χ2v) is 3.66. The van der Waals surface area contributed by atoms with Gasteiger partial charge in [0, 0.05) is 19.7 Å². The fourth-order valence-electron chi connectivity index (χ4n) is 1.17. The summed E-state index contributed by atoms with van der Waals surface area (Å²) in [7, 11) is 1.62. The Morgan fingerprint density at radius 1 is 1.47 bits per heavy atom. The monoisotopic (exact) mass is 230 g/mol. The predicted octanol–water partition coefficient (Wildman–Crippen LogP) is 1.67.